The second-order valence-electron chi connectivity index (χ2n) is 11.3. The number of unbranched alkanes of at least 4 members (excludes halogenated alkanes) is 14. The molecule has 40 heavy (non-hydrogen) atoms. The number of aryl methyl sites for hydroxylation is 1. The van der Waals surface area contributed by atoms with E-state index in [-0.39, 0.29) is 0 Å². The summed E-state index contributed by atoms with van der Waals surface area (Å²) in [6, 6.07) is 13.2. The Balaban J connectivity index is 1.80. The first-order valence-corrected chi connectivity index (χ1v) is 16.9. The lowest BCUT2D eigenvalue weighted by molar-refractivity contribution is -0.699. The van der Waals surface area contributed by atoms with Crippen LogP contribution in [0.2, 0.25) is 0 Å². The molecule has 0 atom stereocenters. The highest BCUT2D eigenvalue weighted by molar-refractivity contribution is 5.72. The molecule has 0 saturated heterocycles. The van der Waals surface area contributed by atoms with Gasteiger partial charge in [0.05, 0.1) is 6.61 Å². The Labute approximate surface area is 248 Å². The van der Waals surface area contributed by atoms with E-state index in [1.807, 2.05) is 0 Å². The van der Waals surface area contributed by atoms with Gasteiger partial charge in [-0.3, -0.25) is 0 Å². The second kappa shape index (κ2) is 22.4. The molecular weight excluding hydrogens is 488 g/mol. The van der Waals surface area contributed by atoms with Gasteiger partial charge in [0.1, 0.15) is 12.3 Å². The summed E-state index contributed by atoms with van der Waals surface area (Å²) >= 11 is 0. The van der Waals surface area contributed by atoms with Crippen LogP contribution in [0.3, 0.4) is 0 Å². The Morgan fingerprint density at radius 2 is 1.25 bits per heavy atom. The van der Waals surface area contributed by atoms with Gasteiger partial charge in [-0.2, -0.15) is 4.57 Å². The zero-order valence-corrected chi connectivity index (χ0v) is 26.6. The monoisotopic (exact) mass is 549 g/mol. The average Bonchev–Trinajstić information content (AvgIpc) is 2.98. The van der Waals surface area contributed by atoms with Crippen molar-refractivity contribution in [1.82, 2.24) is 0 Å². The summed E-state index contributed by atoms with van der Waals surface area (Å²) in [5, 5.41) is 0. The van der Waals surface area contributed by atoms with Crippen molar-refractivity contribution in [2.24, 2.45) is 0 Å². The van der Waals surface area contributed by atoms with Crippen LogP contribution in [0.5, 0.6) is 5.75 Å². The number of hydrogen-bond donors (Lipinski definition) is 0. The van der Waals surface area contributed by atoms with E-state index < -0.39 is 0 Å². The number of benzene rings is 1. The highest BCUT2D eigenvalue weighted by atomic mass is 16.5. The van der Waals surface area contributed by atoms with E-state index in [9.17, 15) is 0 Å². The van der Waals surface area contributed by atoms with Crippen molar-refractivity contribution in [3.8, 4) is 5.75 Å². The van der Waals surface area contributed by atoms with Crippen LogP contribution in [0.4, 0.5) is 5.69 Å². The number of ether oxygens (including phenoxy) is 1. The second-order valence-corrected chi connectivity index (χ2v) is 11.3. The van der Waals surface area contributed by atoms with Crippen molar-refractivity contribution in [3.63, 3.8) is 0 Å². The molecule has 0 bridgehead atoms. The third kappa shape index (κ3) is 13.9. The van der Waals surface area contributed by atoms with Crippen molar-refractivity contribution in [2.75, 3.05) is 24.6 Å². The van der Waals surface area contributed by atoms with Gasteiger partial charge in [0.2, 0.25) is 5.69 Å². The molecule has 0 N–H and O–H groups in total. The minimum absolute atomic E-state index is 0.794. The van der Waals surface area contributed by atoms with E-state index in [0.29, 0.717) is 0 Å². The van der Waals surface area contributed by atoms with Crippen LogP contribution < -0.4 is 14.2 Å². The summed E-state index contributed by atoms with van der Waals surface area (Å²) in [5.41, 5.74) is 3.64. The molecule has 0 spiro atoms. The van der Waals surface area contributed by atoms with E-state index in [4.69, 9.17) is 4.74 Å². The summed E-state index contributed by atoms with van der Waals surface area (Å²) in [7, 11) is 0. The van der Waals surface area contributed by atoms with Gasteiger partial charge >= 0.3 is 0 Å². The first-order chi connectivity index (χ1) is 19.7. The Morgan fingerprint density at radius 1 is 0.650 bits per heavy atom. The third-order valence-electron chi connectivity index (χ3n) is 8.04. The zero-order valence-electron chi connectivity index (χ0n) is 26.6. The predicted molar refractivity (Wildman–Crippen MR) is 176 cm³/mol. The van der Waals surface area contributed by atoms with Crippen LogP contribution in [-0.4, -0.2) is 19.7 Å². The Bertz CT molecular complexity index is 918. The molecule has 2 aromatic rings. The highest BCUT2D eigenvalue weighted by Gasteiger charge is 2.10. The van der Waals surface area contributed by atoms with Crippen LogP contribution in [0.15, 0.2) is 42.6 Å². The van der Waals surface area contributed by atoms with Crippen LogP contribution >= 0.6 is 0 Å². The topological polar surface area (TPSA) is 16.4 Å². The lowest BCUT2D eigenvalue weighted by Gasteiger charge is -2.22. The van der Waals surface area contributed by atoms with E-state index >= 15 is 0 Å². The maximum absolute atomic E-state index is 6.42. The summed E-state index contributed by atoms with van der Waals surface area (Å²) < 4.78 is 8.77. The maximum atomic E-state index is 6.42. The number of anilines is 1. The standard InChI is InChI=1S/C37H61N2O/c1-5-9-11-12-13-14-15-16-17-18-19-20-21-24-32-40-37-33-36(38(7-3)8-4)29-27-34(37)26-28-35-25-22-23-31-39(35)30-10-6-2/h22-23,25-29,31,33H,5-21,24,30,32H2,1-4H3/q+1. The number of pyridine rings is 1. The fourth-order valence-corrected chi connectivity index (χ4v) is 5.40. The average molecular weight is 550 g/mol. The first kappa shape index (κ1) is 33.9. The number of hydrogen-bond acceptors (Lipinski definition) is 2. The number of rotatable bonds is 24. The minimum Gasteiger partial charge on any atom is -0.493 e. The number of aromatic nitrogens is 1. The Morgan fingerprint density at radius 3 is 1.85 bits per heavy atom. The molecule has 2 rings (SSSR count). The zero-order chi connectivity index (χ0) is 28.7. The van der Waals surface area contributed by atoms with Crippen LogP contribution in [0.25, 0.3) is 12.2 Å². The molecule has 0 aliphatic carbocycles. The molecule has 0 saturated carbocycles. The summed E-state index contributed by atoms with van der Waals surface area (Å²) in [5.74, 6) is 1.01. The Kier molecular flexibility index (Phi) is 19.0. The van der Waals surface area contributed by atoms with Crippen molar-refractivity contribution < 1.29 is 9.30 Å². The van der Waals surface area contributed by atoms with Crippen molar-refractivity contribution >= 4 is 17.8 Å². The van der Waals surface area contributed by atoms with E-state index in [1.54, 1.807) is 0 Å². The fraction of sp³-hybridized carbons (Fsp3) is 0.649. The van der Waals surface area contributed by atoms with Gasteiger partial charge in [0.15, 0.2) is 6.20 Å². The predicted octanol–water partition coefficient (Wildman–Crippen LogP) is 10.7. The Hall–Kier alpha value is -2.29. The molecule has 0 radical (unpaired) electrons. The maximum Gasteiger partial charge on any atom is 0.205 e. The van der Waals surface area contributed by atoms with E-state index in [2.05, 4.69) is 91.9 Å². The first-order valence-electron chi connectivity index (χ1n) is 16.9. The van der Waals surface area contributed by atoms with Gasteiger partial charge in [-0.05, 0) is 44.5 Å². The lowest BCUT2D eigenvalue weighted by Crippen LogP contribution is -2.36. The minimum atomic E-state index is 0.794. The van der Waals surface area contributed by atoms with E-state index in [0.717, 1.165) is 44.0 Å². The lowest BCUT2D eigenvalue weighted by atomic mass is 10.0. The normalized spacial score (nSPS) is 11.4. The highest BCUT2D eigenvalue weighted by Crippen LogP contribution is 2.28. The molecular formula is C37H61N2O+. The van der Waals surface area contributed by atoms with E-state index in [1.165, 1.54) is 108 Å². The molecule has 3 heteroatoms. The molecule has 0 fully saturated rings. The third-order valence-corrected chi connectivity index (χ3v) is 8.04. The van der Waals surface area contributed by atoms with Gasteiger partial charge in [0, 0.05) is 55.0 Å². The molecule has 1 aromatic heterocycles. The molecule has 0 unspecified atom stereocenters. The van der Waals surface area contributed by atoms with Gasteiger partial charge in [-0.15, -0.1) is 0 Å². The van der Waals surface area contributed by atoms with Gasteiger partial charge in [-0.25, -0.2) is 0 Å². The van der Waals surface area contributed by atoms with Crippen molar-refractivity contribution in [2.45, 2.75) is 137 Å². The summed E-state index contributed by atoms with van der Waals surface area (Å²) in [6.07, 6.45) is 28.4. The molecule has 3 nitrogen and oxygen atoms in total. The van der Waals surface area contributed by atoms with Crippen molar-refractivity contribution in [3.05, 3.63) is 53.9 Å². The van der Waals surface area contributed by atoms with Gasteiger partial charge < -0.3 is 9.64 Å². The van der Waals surface area contributed by atoms with Crippen LogP contribution in [0.1, 0.15) is 142 Å². The largest absolute Gasteiger partial charge is 0.493 e. The molecule has 224 valence electrons. The smallest absolute Gasteiger partial charge is 0.205 e. The fourth-order valence-electron chi connectivity index (χ4n) is 5.40. The summed E-state index contributed by atoms with van der Waals surface area (Å²) in [6.45, 7) is 12.8. The molecule has 1 heterocycles. The molecule has 0 aliphatic rings. The van der Waals surface area contributed by atoms with Gasteiger partial charge in [-0.1, -0.05) is 104 Å². The van der Waals surface area contributed by atoms with Gasteiger partial charge in [0.25, 0.3) is 0 Å². The van der Waals surface area contributed by atoms with Crippen LogP contribution in [-0.2, 0) is 6.54 Å². The quantitative estimate of drug-likeness (QED) is 0.0956. The summed E-state index contributed by atoms with van der Waals surface area (Å²) in [4.78, 5) is 2.39. The number of nitrogens with zero attached hydrogens (tertiary/aromatic N) is 2. The molecule has 0 aliphatic heterocycles. The molecule has 0 amide bonds. The van der Waals surface area contributed by atoms with Crippen LogP contribution in [0, 0.1) is 0 Å². The SMILES string of the molecule is CCCCCCCCCCCCCCCCOc1cc(N(CC)CC)ccc1/C=C/c1cccc[n+]1CCCC. The molecule has 1 aromatic carbocycles. The van der Waals surface area contributed by atoms with Crippen molar-refractivity contribution in [1.29, 1.82) is 0 Å².